The van der Waals surface area contributed by atoms with E-state index in [2.05, 4.69) is 12.6 Å². The van der Waals surface area contributed by atoms with Crippen LogP contribution in [0, 0.1) is 0 Å². The number of carbonyl (C=O) groups is 1. The number of hydrogen-bond acceptors (Lipinski definition) is 5. The van der Waals surface area contributed by atoms with Crippen LogP contribution in [0.3, 0.4) is 0 Å². The molecule has 2 aromatic rings. The Morgan fingerprint density at radius 1 is 1.08 bits per heavy atom. The van der Waals surface area contributed by atoms with Crippen LogP contribution in [0.2, 0.25) is 0 Å². The van der Waals surface area contributed by atoms with Gasteiger partial charge in [0.05, 0.1) is 4.90 Å². The van der Waals surface area contributed by atoms with Crippen molar-refractivity contribution >= 4 is 45.8 Å². The van der Waals surface area contributed by atoms with Crippen molar-refractivity contribution < 1.29 is 17.9 Å². The number of allylic oxidation sites excluding steroid dienone is 2. The van der Waals surface area contributed by atoms with Crippen LogP contribution >= 0.6 is 12.6 Å². The first-order valence-corrected chi connectivity index (χ1v) is 10.3. The molecule has 0 atom stereocenters. The zero-order valence-electron chi connectivity index (χ0n) is 14.6. The maximum absolute atomic E-state index is 11.6. The van der Waals surface area contributed by atoms with E-state index in [0.29, 0.717) is 5.76 Å². The highest BCUT2D eigenvalue weighted by Gasteiger charge is 2.26. The van der Waals surface area contributed by atoms with E-state index in [1.54, 1.807) is 24.3 Å². The Bertz CT molecular complexity index is 1060. The van der Waals surface area contributed by atoms with Crippen LogP contribution in [0.25, 0.3) is 17.4 Å². The lowest BCUT2D eigenvalue weighted by Crippen LogP contribution is -1.98. The molecule has 6 heteroatoms. The minimum absolute atomic E-state index is 0.275. The number of rotatable bonds is 3. The average molecular weight is 386 g/mol. The average Bonchev–Trinajstić information content (AvgIpc) is 2.79. The van der Waals surface area contributed by atoms with E-state index in [9.17, 15) is 13.2 Å². The van der Waals surface area contributed by atoms with Crippen LogP contribution in [-0.2, 0) is 19.4 Å². The minimum atomic E-state index is -3.23. The third-order valence-corrected chi connectivity index (χ3v) is 5.55. The van der Waals surface area contributed by atoms with Gasteiger partial charge < -0.3 is 4.74 Å². The second kappa shape index (κ2) is 6.78. The molecule has 0 spiro atoms. The highest BCUT2D eigenvalue weighted by Crippen LogP contribution is 2.43. The van der Waals surface area contributed by atoms with Crippen molar-refractivity contribution in [2.45, 2.75) is 23.6 Å². The van der Waals surface area contributed by atoms with E-state index < -0.39 is 9.84 Å². The second-order valence-electron chi connectivity index (χ2n) is 6.18. The Hall–Kier alpha value is -2.31. The summed E-state index contributed by atoms with van der Waals surface area (Å²) in [6.45, 7) is 3.27. The Labute approximate surface area is 158 Å². The topological polar surface area (TPSA) is 60.4 Å². The molecule has 4 nitrogen and oxygen atoms in total. The lowest BCUT2D eigenvalue weighted by molar-refractivity contribution is -0.134. The summed E-state index contributed by atoms with van der Waals surface area (Å²) in [6.07, 6.45) is 3.13. The highest BCUT2D eigenvalue weighted by atomic mass is 32.2. The van der Waals surface area contributed by atoms with Crippen molar-refractivity contribution in [3.8, 4) is 0 Å². The van der Waals surface area contributed by atoms with E-state index in [-0.39, 0.29) is 10.9 Å². The number of hydrogen-bond donors (Lipinski definition) is 1. The number of ether oxygens (including phenoxy) is 1. The predicted octanol–water partition coefficient (Wildman–Crippen LogP) is 4.23. The van der Waals surface area contributed by atoms with E-state index >= 15 is 0 Å². The van der Waals surface area contributed by atoms with Crippen LogP contribution in [0.4, 0.5) is 0 Å². The quantitative estimate of drug-likeness (QED) is 0.634. The van der Waals surface area contributed by atoms with E-state index in [1.807, 2.05) is 31.2 Å². The van der Waals surface area contributed by atoms with Gasteiger partial charge in [0.15, 0.2) is 9.84 Å². The van der Waals surface area contributed by atoms with Gasteiger partial charge >= 0.3 is 5.97 Å². The van der Waals surface area contributed by atoms with Crippen LogP contribution in [-0.4, -0.2) is 20.6 Å². The Morgan fingerprint density at radius 2 is 1.73 bits per heavy atom. The van der Waals surface area contributed by atoms with Gasteiger partial charge in [-0.1, -0.05) is 12.1 Å². The Kier molecular flexibility index (Phi) is 4.82. The van der Waals surface area contributed by atoms with Crippen molar-refractivity contribution in [2.24, 2.45) is 0 Å². The molecule has 0 radical (unpaired) electrons. The molecule has 1 aliphatic carbocycles. The molecular weight excluding hydrogens is 368 g/mol. The summed E-state index contributed by atoms with van der Waals surface area (Å²) in [5.41, 5.74) is 4.39. The van der Waals surface area contributed by atoms with Gasteiger partial charge in [-0.15, -0.1) is 12.6 Å². The molecule has 0 saturated carbocycles. The largest absolute Gasteiger partial charge is 0.426 e. The lowest BCUT2D eigenvalue weighted by Gasteiger charge is -2.06. The molecular formula is C20H18O4S2. The zero-order valence-corrected chi connectivity index (χ0v) is 16.3. The first-order chi connectivity index (χ1) is 12.2. The fourth-order valence-corrected chi connectivity index (χ4v) is 3.75. The van der Waals surface area contributed by atoms with Crippen molar-refractivity contribution in [3.05, 3.63) is 64.7 Å². The van der Waals surface area contributed by atoms with Gasteiger partial charge in [0.25, 0.3) is 0 Å². The second-order valence-corrected chi connectivity index (χ2v) is 8.71. The molecule has 0 unspecified atom stereocenters. The predicted molar refractivity (Wildman–Crippen MR) is 105 cm³/mol. The number of fused-ring (bicyclic) bond motifs is 1. The van der Waals surface area contributed by atoms with Crippen LogP contribution in [0.1, 0.15) is 30.5 Å². The van der Waals surface area contributed by atoms with Gasteiger partial charge in [0.2, 0.25) is 0 Å². The molecule has 26 heavy (non-hydrogen) atoms. The van der Waals surface area contributed by atoms with Crippen LogP contribution < -0.4 is 0 Å². The van der Waals surface area contributed by atoms with E-state index in [4.69, 9.17) is 4.74 Å². The summed E-state index contributed by atoms with van der Waals surface area (Å²) < 4.78 is 28.6. The van der Waals surface area contributed by atoms with Gasteiger partial charge in [0.1, 0.15) is 5.76 Å². The molecule has 0 amide bonds. The van der Waals surface area contributed by atoms with Crippen molar-refractivity contribution in [1.82, 2.24) is 0 Å². The summed E-state index contributed by atoms with van der Waals surface area (Å²) in [5, 5.41) is 0. The number of esters is 1. The molecule has 0 saturated heterocycles. The normalized spacial score (nSPS) is 15.3. The number of benzene rings is 2. The summed E-state index contributed by atoms with van der Waals surface area (Å²) in [7, 11) is -3.23. The molecule has 0 bridgehead atoms. The molecule has 0 fully saturated rings. The van der Waals surface area contributed by atoms with Gasteiger partial charge in [-0.2, -0.15) is 0 Å². The Balaban J connectivity index is 2.11. The van der Waals surface area contributed by atoms with Crippen molar-refractivity contribution in [3.63, 3.8) is 0 Å². The monoisotopic (exact) mass is 386 g/mol. The van der Waals surface area contributed by atoms with Gasteiger partial charge in [-0.3, -0.25) is 4.79 Å². The van der Waals surface area contributed by atoms with Crippen molar-refractivity contribution in [1.29, 1.82) is 0 Å². The Morgan fingerprint density at radius 3 is 2.31 bits per heavy atom. The number of carbonyl (C=O) groups excluding carboxylic acids is 1. The fourth-order valence-electron chi connectivity index (χ4n) is 2.92. The highest BCUT2D eigenvalue weighted by molar-refractivity contribution is 7.90. The summed E-state index contributed by atoms with van der Waals surface area (Å²) >= 11 is 4.40. The molecule has 2 aromatic carbocycles. The first-order valence-electron chi connectivity index (χ1n) is 7.92. The van der Waals surface area contributed by atoms with Crippen molar-refractivity contribution in [2.75, 3.05) is 6.26 Å². The minimum Gasteiger partial charge on any atom is -0.426 e. The SMILES string of the molecule is CC(=O)OC1=C(C)C(=Cc2ccc(S(C)(=O)=O)cc2)c2cc(S)ccc21. The maximum atomic E-state index is 11.6. The van der Waals surface area contributed by atoms with E-state index in [1.165, 1.54) is 13.2 Å². The summed E-state index contributed by atoms with van der Waals surface area (Å²) in [6, 6.07) is 12.3. The molecule has 134 valence electrons. The van der Waals surface area contributed by atoms with Gasteiger partial charge in [-0.05, 0) is 60.0 Å². The molecule has 1 aliphatic rings. The lowest BCUT2D eigenvalue weighted by atomic mass is 10.0. The fraction of sp³-hybridized carbons (Fsp3) is 0.150. The number of thiol groups is 1. The third kappa shape index (κ3) is 3.61. The third-order valence-electron chi connectivity index (χ3n) is 4.15. The summed E-state index contributed by atoms with van der Waals surface area (Å²) in [4.78, 5) is 12.6. The molecule has 0 heterocycles. The standard InChI is InChI=1S/C20H18O4S2/c1-12-18(10-14-4-7-16(8-5-14)26(3,22)23)19-11-15(25)6-9-17(19)20(12)24-13(2)21/h4-11,25H,1-3H3. The van der Waals surface area contributed by atoms with Crippen LogP contribution in [0.15, 0.2) is 57.8 Å². The van der Waals surface area contributed by atoms with Gasteiger partial charge in [-0.25, -0.2) is 8.42 Å². The smallest absolute Gasteiger partial charge is 0.308 e. The molecule has 3 rings (SSSR count). The van der Waals surface area contributed by atoms with E-state index in [0.717, 1.165) is 32.7 Å². The number of sulfone groups is 1. The van der Waals surface area contributed by atoms with Gasteiger partial charge in [0, 0.05) is 29.2 Å². The summed E-state index contributed by atoms with van der Waals surface area (Å²) in [5.74, 6) is 0.166. The molecule has 0 aliphatic heterocycles. The van der Waals surface area contributed by atoms with Crippen LogP contribution in [0.5, 0.6) is 0 Å². The molecule has 0 aromatic heterocycles. The zero-order chi connectivity index (χ0) is 19.1. The first kappa shape index (κ1) is 18.5. The maximum Gasteiger partial charge on any atom is 0.308 e. The molecule has 0 N–H and O–H groups in total.